The topological polar surface area (TPSA) is 41.1 Å². The molecule has 2 aliphatic heterocycles. The van der Waals surface area contributed by atoms with Crippen molar-refractivity contribution in [1.82, 2.24) is 10.6 Å². The first-order valence-corrected chi connectivity index (χ1v) is 6.04. The number of carbonyl (C=O) groups excluding carboxylic acids is 1. The maximum absolute atomic E-state index is 11.6. The van der Waals surface area contributed by atoms with Gasteiger partial charge in [-0.2, -0.15) is 0 Å². The maximum atomic E-state index is 11.6. The average Bonchev–Trinajstić information content (AvgIpc) is 2.74. The number of nitrogens with one attached hydrogen (secondary N) is 2. The Hall–Kier alpha value is -0.220. The van der Waals surface area contributed by atoms with Gasteiger partial charge in [-0.1, -0.05) is 0 Å². The summed E-state index contributed by atoms with van der Waals surface area (Å²) in [4.78, 5) is 11.6. The molecule has 0 spiro atoms. The predicted octanol–water partition coefficient (Wildman–Crippen LogP) is 0.360. The van der Waals surface area contributed by atoms with Crippen LogP contribution in [0.1, 0.15) is 19.3 Å². The molecule has 2 atom stereocenters. The number of amides is 1. The van der Waals surface area contributed by atoms with E-state index in [1.54, 1.807) is 11.8 Å². The molecular weight excluding hydrogens is 184 g/mol. The summed E-state index contributed by atoms with van der Waals surface area (Å²) < 4.78 is 0. The van der Waals surface area contributed by atoms with Crippen LogP contribution in [0.25, 0.3) is 0 Å². The normalized spacial score (nSPS) is 33.5. The Balaban J connectivity index is 1.76. The van der Waals surface area contributed by atoms with Crippen molar-refractivity contribution in [3.8, 4) is 0 Å². The summed E-state index contributed by atoms with van der Waals surface area (Å²) in [5.74, 6) is 1.41. The molecule has 0 aromatic heterocycles. The summed E-state index contributed by atoms with van der Waals surface area (Å²) >= 11 is 1.80. The second-order valence-electron chi connectivity index (χ2n) is 3.70. The largest absolute Gasteiger partial charge is 0.351 e. The SMILES string of the molecule is O=C(N[C@@H]1CCNC1)C1CCCS1. The van der Waals surface area contributed by atoms with Crippen LogP contribution in [0, 0.1) is 0 Å². The maximum Gasteiger partial charge on any atom is 0.233 e. The van der Waals surface area contributed by atoms with Crippen molar-refractivity contribution < 1.29 is 4.79 Å². The zero-order valence-electron chi connectivity index (χ0n) is 7.71. The van der Waals surface area contributed by atoms with Crippen molar-refractivity contribution in [3.05, 3.63) is 0 Å². The molecule has 0 aromatic rings. The van der Waals surface area contributed by atoms with Gasteiger partial charge in [0.25, 0.3) is 0 Å². The van der Waals surface area contributed by atoms with Crippen molar-refractivity contribution >= 4 is 17.7 Å². The van der Waals surface area contributed by atoms with Crippen LogP contribution in [0.4, 0.5) is 0 Å². The van der Waals surface area contributed by atoms with E-state index in [0.717, 1.165) is 31.7 Å². The third kappa shape index (κ3) is 2.38. The van der Waals surface area contributed by atoms with Crippen molar-refractivity contribution in [2.45, 2.75) is 30.6 Å². The van der Waals surface area contributed by atoms with Gasteiger partial charge in [0.05, 0.1) is 5.25 Å². The summed E-state index contributed by atoms with van der Waals surface area (Å²) in [6.07, 6.45) is 3.35. The molecule has 2 rings (SSSR count). The first-order chi connectivity index (χ1) is 6.36. The minimum absolute atomic E-state index is 0.237. The van der Waals surface area contributed by atoms with E-state index in [1.807, 2.05) is 0 Å². The lowest BCUT2D eigenvalue weighted by Gasteiger charge is -2.14. The van der Waals surface area contributed by atoms with Gasteiger partial charge in [-0.05, 0) is 31.6 Å². The van der Waals surface area contributed by atoms with Crippen molar-refractivity contribution in [3.63, 3.8) is 0 Å². The van der Waals surface area contributed by atoms with E-state index in [4.69, 9.17) is 0 Å². The second kappa shape index (κ2) is 4.33. The highest BCUT2D eigenvalue weighted by atomic mass is 32.2. The van der Waals surface area contributed by atoms with Crippen molar-refractivity contribution in [1.29, 1.82) is 0 Å². The Bertz CT molecular complexity index is 186. The van der Waals surface area contributed by atoms with E-state index in [2.05, 4.69) is 10.6 Å². The quantitative estimate of drug-likeness (QED) is 0.676. The third-order valence-corrected chi connectivity index (χ3v) is 4.01. The summed E-state index contributed by atoms with van der Waals surface area (Å²) in [6, 6.07) is 0.383. The molecule has 2 aliphatic rings. The molecule has 1 unspecified atom stereocenters. The van der Waals surface area contributed by atoms with Crippen LogP contribution in [0.15, 0.2) is 0 Å². The van der Waals surface area contributed by atoms with E-state index in [0.29, 0.717) is 6.04 Å². The minimum atomic E-state index is 0.237. The molecule has 0 saturated carbocycles. The second-order valence-corrected chi connectivity index (χ2v) is 5.01. The summed E-state index contributed by atoms with van der Waals surface area (Å²) in [7, 11) is 0. The lowest BCUT2D eigenvalue weighted by atomic mass is 10.2. The van der Waals surface area contributed by atoms with E-state index >= 15 is 0 Å². The van der Waals surface area contributed by atoms with Crippen molar-refractivity contribution in [2.24, 2.45) is 0 Å². The Morgan fingerprint density at radius 3 is 3.00 bits per heavy atom. The van der Waals surface area contributed by atoms with Crippen LogP contribution < -0.4 is 10.6 Å². The van der Waals surface area contributed by atoms with Crippen LogP contribution in [0.3, 0.4) is 0 Å². The van der Waals surface area contributed by atoms with Crippen molar-refractivity contribution in [2.75, 3.05) is 18.8 Å². The molecule has 0 aromatic carbocycles. The molecule has 0 aliphatic carbocycles. The number of thioether (sulfide) groups is 1. The molecule has 1 amide bonds. The Morgan fingerprint density at radius 1 is 1.46 bits per heavy atom. The van der Waals surface area contributed by atoms with Gasteiger partial charge >= 0.3 is 0 Å². The highest BCUT2D eigenvalue weighted by Crippen LogP contribution is 2.26. The molecule has 0 bridgehead atoms. The number of carbonyl (C=O) groups is 1. The van der Waals surface area contributed by atoms with E-state index in [1.165, 1.54) is 6.42 Å². The molecule has 74 valence electrons. The average molecular weight is 200 g/mol. The minimum Gasteiger partial charge on any atom is -0.351 e. The van der Waals surface area contributed by atoms with E-state index < -0.39 is 0 Å². The van der Waals surface area contributed by atoms with Crippen LogP contribution in [-0.2, 0) is 4.79 Å². The van der Waals surface area contributed by atoms with E-state index in [-0.39, 0.29) is 11.2 Å². The van der Waals surface area contributed by atoms with Gasteiger partial charge in [-0.3, -0.25) is 4.79 Å². The third-order valence-electron chi connectivity index (χ3n) is 2.63. The molecule has 2 heterocycles. The first-order valence-electron chi connectivity index (χ1n) is 4.99. The first kappa shape index (κ1) is 9.34. The van der Waals surface area contributed by atoms with Crippen LogP contribution in [-0.4, -0.2) is 36.0 Å². The zero-order chi connectivity index (χ0) is 9.10. The Labute approximate surface area is 83.0 Å². The number of hydrogen-bond acceptors (Lipinski definition) is 3. The van der Waals surface area contributed by atoms with Crippen LogP contribution >= 0.6 is 11.8 Å². The molecule has 13 heavy (non-hydrogen) atoms. The van der Waals surface area contributed by atoms with Gasteiger partial charge in [-0.15, -0.1) is 11.8 Å². The molecule has 3 nitrogen and oxygen atoms in total. The predicted molar refractivity (Wildman–Crippen MR) is 54.9 cm³/mol. The monoisotopic (exact) mass is 200 g/mol. The summed E-state index contributed by atoms with van der Waals surface area (Å²) in [5.41, 5.74) is 0. The fraction of sp³-hybridized carbons (Fsp3) is 0.889. The Kier molecular flexibility index (Phi) is 3.11. The lowest BCUT2D eigenvalue weighted by Crippen LogP contribution is -2.40. The lowest BCUT2D eigenvalue weighted by molar-refractivity contribution is -0.121. The summed E-state index contributed by atoms with van der Waals surface area (Å²) in [5, 5.41) is 6.58. The molecular formula is C9H16N2OS. The van der Waals surface area contributed by atoms with Gasteiger partial charge in [0.1, 0.15) is 0 Å². The van der Waals surface area contributed by atoms with Gasteiger partial charge < -0.3 is 10.6 Å². The standard InChI is InChI=1S/C9H16N2OS/c12-9(8-2-1-5-13-8)11-7-3-4-10-6-7/h7-8,10H,1-6H2,(H,11,12)/t7-,8?/m1/s1. The molecule has 2 N–H and O–H groups in total. The molecule has 2 fully saturated rings. The fourth-order valence-electron chi connectivity index (χ4n) is 1.86. The number of rotatable bonds is 2. The molecule has 2 saturated heterocycles. The molecule has 0 radical (unpaired) electrons. The van der Waals surface area contributed by atoms with E-state index in [9.17, 15) is 4.79 Å². The Morgan fingerprint density at radius 2 is 2.38 bits per heavy atom. The van der Waals surface area contributed by atoms with Gasteiger partial charge in [0.15, 0.2) is 0 Å². The fourth-order valence-corrected chi connectivity index (χ4v) is 3.03. The summed E-state index contributed by atoms with van der Waals surface area (Å²) in [6.45, 7) is 1.99. The van der Waals surface area contributed by atoms with Gasteiger partial charge in [0, 0.05) is 12.6 Å². The zero-order valence-corrected chi connectivity index (χ0v) is 8.53. The van der Waals surface area contributed by atoms with Crippen LogP contribution in [0.5, 0.6) is 0 Å². The highest BCUT2D eigenvalue weighted by Gasteiger charge is 2.26. The number of hydrogen-bond donors (Lipinski definition) is 2. The smallest absolute Gasteiger partial charge is 0.233 e. The molecule has 4 heteroatoms. The van der Waals surface area contributed by atoms with Gasteiger partial charge in [0.2, 0.25) is 5.91 Å². The highest BCUT2D eigenvalue weighted by molar-refractivity contribution is 8.00. The van der Waals surface area contributed by atoms with Crippen LogP contribution in [0.2, 0.25) is 0 Å². The van der Waals surface area contributed by atoms with Gasteiger partial charge in [-0.25, -0.2) is 0 Å².